The summed E-state index contributed by atoms with van der Waals surface area (Å²) < 4.78 is 15.6. The molecule has 1 aromatic rings. The third-order valence-corrected chi connectivity index (χ3v) is 4.02. The van der Waals surface area contributed by atoms with Gasteiger partial charge in [-0.05, 0) is 45.2 Å². The first-order chi connectivity index (χ1) is 12.2. The molecule has 0 bridgehead atoms. The molecule has 0 aromatic heterocycles. The van der Waals surface area contributed by atoms with Crippen molar-refractivity contribution in [2.24, 2.45) is 0 Å². The number of nitrogens with one attached hydrogen (secondary N) is 1. The minimum Gasteiger partial charge on any atom is -0.508 e. The molecule has 1 aliphatic heterocycles. The second-order valence-electron chi connectivity index (χ2n) is 7.30. The summed E-state index contributed by atoms with van der Waals surface area (Å²) in [6.45, 7) is 5.94. The van der Waals surface area contributed by atoms with Gasteiger partial charge in [0, 0.05) is 12.2 Å². The number of alkyl carbamates (subject to hydrolysis) is 1. The molecule has 1 fully saturated rings. The molecule has 26 heavy (non-hydrogen) atoms. The molecule has 1 aliphatic rings. The van der Waals surface area contributed by atoms with Gasteiger partial charge in [0.25, 0.3) is 0 Å². The SMILES string of the molecule is COC(=O)C[C@@H](NC(=O)OC(C)(C)C)c1ccc(C2CCCO2)c(O)c1. The summed E-state index contributed by atoms with van der Waals surface area (Å²) in [6.07, 6.45) is 0.969. The molecule has 0 aliphatic carbocycles. The van der Waals surface area contributed by atoms with E-state index in [1.54, 1.807) is 39.0 Å². The van der Waals surface area contributed by atoms with E-state index in [9.17, 15) is 14.7 Å². The van der Waals surface area contributed by atoms with E-state index in [0.29, 0.717) is 17.7 Å². The van der Waals surface area contributed by atoms with Crippen molar-refractivity contribution in [3.8, 4) is 5.75 Å². The number of rotatable bonds is 5. The highest BCUT2D eigenvalue weighted by Gasteiger charge is 2.25. The van der Waals surface area contributed by atoms with E-state index in [1.165, 1.54) is 7.11 Å². The average molecular weight is 365 g/mol. The molecule has 7 nitrogen and oxygen atoms in total. The zero-order chi connectivity index (χ0) is 19.3. The van der Waals surface area contributed by atoms with Crippen molar-refractivity contribution in [1.29, 1.82) is 0 Å². The lowest BCUT2D eigenvalue weighted by Crippen LogP contribution is -2.36. The quantitative estimate of drug-likeness (QED) is 0.777. The Balaban J connectivity index is 2.19. The number of carbonyl (C=O) groups is 2. The van der Waals surface area contributed by atoms with Crippen LogP contribution in [0.15, 0.2) is 18.2 Å². The van der Waals surface area contributed by atoms with E-state index in [-0.39, 0.29) is 18.3 Å². The van der Waals surface area contributed by atoms with E-state index >= 15 is 0 Å². The summed E-state index contributed by atoms with van der Waals surface area (Å²) in [5.41, 5.74) is 0.631. The number of hydrogen-bond acceptors (Lipinski definition) is 6. The molecule has 1 saturated heterocycles. The van der Waals surface area contributed by atoms with Crippen molar-refractivity contribution >= 4 is 12.1 Å². The van der Waals surface area contributed by atoms with Gasteiger partial charge in [-0.3, -0.25) is 4.79 Å². The Bertz CT molecular complexity index is 646. The maximum atomic E-state index is 12.1. The molecule has 1 unspecified atom stereocenters. The van der Waals surface area contributed by atoms with Crippen LogP contribution in [0.4, 0.5) is 4.79 Å². The Kier molecular flexibility index (Phi) is 6.47. The third kappa shape index (κ3) is 5.62. The number of phenols is 1. The third-order valence-electron chi connectivity index (χ3n) is 4.02. The summed E-state index contributed by atoms with van der Waals surface area (Å²) in [7, 11) is 1.28. The number of aromatic hydroxyl groups is 1. The van der Waals surface area contributed by atoms with Crippen LogP contribution in [-0.4, -0.2) is 36.5 Å². The summed E-state index contributed by atoms with van der Waals surface area (Å²) in [5.74, 6) is -0.399. The van der Waals surface area contributed by atoms with E-state index in [4.69, 9.17) is 14.2 Å². The topological polar surface area (TPSA) is 94.1 Å². The highest BCUT2D eigenvalue weighted by molar-refractivity contribution is 5.73. The van der Waals surface area contributed by atoms with Crippen LogP contribution < -0.4 is 5.32 Å². The molecule has 2 N–H and O–H groups in total. The van der Waals surface area contributed by atoms with Crippen molar-refractivity contribution in [1.82, 2.24) is 5.32 Å². The van der Waals surface area contributed by atoms with Crippen molar-refractivity contribution in [2.45, 2.75) is 57.8 Å². The first-order valence-corrected chi connectivity index (χ1v) is 8.70. The number of methoxy groups -OCH3 is 1. The molecule has 1 aromatic carbocycles. The molecule has 0 saturated carbocycles. The first kappa shape index (κ1) is 20.0. The monoisotopic (exact) mass is 365 g/mol. The van der Waals surface area contributed by atoms with E-state index in [0.717, 1.165) is 12.8 Å². The summed E-state index contributed by atoms with van der Waals surface area (Å²) >= 11 is 0. The number of benzene rings is 1. The largest absolute Gasteiger partial charge is 0.508 e. The van der Waals surface area contributed by atoms with Gasteiger partial charge in [0.1, 0.15) is 11.4 Å². The molecule has 2 rings (SSSR count). The van der Waals surface area contributed by atoms with Gasteiger partial charge in [-0.25, -0.2) is 4.79 Å². The Morgan fingerprint density at radius 1 is 1.38 bits per heavy atom. The highest BCUT2D eigenvalue weighted by atomic mass is 16.6. The van der Waals surface area contributed by atoms with Gasteiger partial charge >= 0.3 is 12.1 Å². The average Bonchev–Trinajstić information content (AvgIpc) is 3.06. The molecule has 1 amide bonds. The number of esters is 1. The van der Waals surface area contributed by atoms with Crippen molar-refractivity contribution in [3.05, 3.63) is 29.3 Å². The second kappa shape index (κ2) is 8.40. The molecular formula is C19H27NO6. The first-order valence-electron chi connectivity index (χ1n) is 8.70. The Hall–Kier alpha value is -2.28. The smallest absolute Gasteiger partial charge is 0.408 e. The second-order valence-corrected chi connectivity index (χ2v) is 7.30. The molecule has 2 atom stereocenters. The van der Waals surface area contributed by atoms with Gasteiger partial charge in [0.2, 0.25) is 0 Å². The molecule has 144 valence electrons. The summed E-state index contributed by atoms with van der Waals surface area (Å²) in [4.78, 5) is 23.8. The summed E-state index contributed by atoms with van der Waals surface area (Å²) in [5, 5.41) is 13.0. The van der Waals surface area contributed by atoms with Gasteiger partial charge < -0.3 is 24.6 Å². The van der Waals surface area contributed by atoms with Crippen LogP contribution in [0.1, 0.15) is 63.3 Å². The van der Waals surface area contributed by atoms with Gasteiger partial charge in [-0.1, -0.05) is 12.1 Å². The number of phenolic OH excluding ortho intramolecular Hbond substituents is 1. The number of hydrogen-bond donors (Lipinski definition) is 2. The van der Waals surface area contributed by atoms with Crippen LogP contribution in [0.3, 0.4) is 0 Å². The minimum atomic E-state index is -0.679. The molecule has 0 radical (unpaired) electrons. The predicted octanol–water partition coefficient (Wildman–Crippen LogP) is 3.37. The number of ether oxygens (including phenoxy) is 3. The van der Waals surface area contributed by atoms with Crippen molar-refractivity contribution in [2.75, 3.05) is 13.7 Å². The Morgan fingerprint density at radius 3 is 2.65 bits per heavy atom. The number of carbonyl (C=O) groups excluding carboxylic acids is 2. The van der Waals surface area contributed by atoms with Crippen molar-refractivity contribution in [3.63, 3.8) is 0 Å². The van der Waals surface area contributed by atoms with Gasteiger partial charge in [-0.15, -0.1) is 0 Å². The fourth-order valence-electron chi connectivity index (χ4n) is 2.82. The van der Waals surface area contributed by atoms with Gasteiger partial charge in [0.15, 0.2) is 0 Å². The Labute approximate surface area is 153 Å². The van der Waals surface area contributed by atoms with Gasteiger partial charge in [0.05, 0.1) is 25.7 Å². The highest BCUT2D eigenvalue weighted by Crippen LogP contribution is 2.36. The lowest BCUT2D eigenvalue weighted by molar-refractivity contribution is -0.141. The van der Waals surface area contributed by atoms with Crippen LogP contribution in [-0.2, 0) is 19.0 Å². The zero-order valence-corrected chi connectivity index (χ0v) is 15.7. The van der Waals surface area contributed by atoms with E-state index in [1.807, 2.05) is 0 Å². The van der Waals surface area contributed by atoms with Crippen molar-refractivity contribution < 1.29 is 28.9 Å². The van der Waals surface area contributed by atoms with E-state index < -0.39 is 23.7 Å². The zero-order valence-electron chi connectivity index (χ0n) is 15.7. The van der Waals surface area contributed by atoms with Crippen LogP contribution in [0.25, 0.3) is 0 Å². The van der Waals surface area contributed by atoms with Crippen LogP contribution in [0, 0.1) is 0 Å². The standard InChI is InChI=1S/C19H27NO6/c1-19(2,3)26-18(23)20-14(11-17(22)24-4)12-7-8-13(15(21)10-12)16-6-5-9-25-16/h7-8,10,14,16,21H,5-6,9,11H2,1-4H3,(H,20,23)/t14-,16?/m1/s1. The Morgan fingerprint density at radius 2 is 2.12 bits per heavy atom. The fourth-order valence-corrected chi connectivity index (χ4v) is 2.82. The lowest BCUT2D eigenvalue weighted by atomic mass is 9.98. The van der Waals surface area contributed by atoms with Crippen LogP contribution in [0.5, 0.6) is 5.75 Å². The minimum absolute atomic E-state index is 0.0749. The normalized spacial score (nSPS) is 18.2. The molecular weight excluding hydrogens is 338 g/mol. The van der Waals surface area contributed by atoms with Crippen LogP contribution >= 0.6 is 0 Å². The summed E-state index contributed by atoms with van der Waals surface area (Å²) in [6, 6.07) is 4.40. The van der Waals surface area contributed by atoms with Gasteiger partial charge in [-0.2, -0.15) is 0 Å². The maximum Gasteiger partial charge on any atom is 0.408 e. The van der Waals surface area contributed by atoms with E-state index in [2.05, 4.69) is 5.32 Å². The van der Waals surface area contributed by atoms with Crippen LogP contribution in [0.2, 0.25) is 0 Å². The lowest BCUT2D eigenvalue weighted by Gasteiger charge is -2.24. The fraction of sp³-hybridized carbons (Fsp3) is 0.579. The molecule has 7 heteroatoms. The predicted molar refractivity (Wildman–Crippen MR) is 94.8 cm³/mol. The molecule has 0 spiro atoms. The maximum absolute atomic E-state index is 12.1. The number of amides is 1. The molecule has 1 heterocycles.